The first-order valence-corrected chi connectivity index (χ1v) is 13.5. The minimum Gasteiger partial charge on any atom is -0.369 e. The summed E-state index contributed by atoms with van der Waals surface area (Å²) in [6.07, 6.45) is 8.97. The number of primary amides is 1. The third-order valence-corrected chi connectivity index (χ3v) is 12.5. The molecule has 2 N–H and O–H groups in total. The summed E-state index contributed by atoms with van der Waals surface area (Å²) in [6, 6.07) is 0. The Hall–Kier alpha value is -1.19. The molecule has 0 bridgehead atoms. The molecular weight excluding hydrogens is 410 g/mol. The number of nitrogens with two attached hydrogens (primary N) is 1. The third kappa shape index (κ3) is 2.97. The Bertz CT molecular complexity index is 905. The largest absolute Gasteiger partial charge is 0.369 e. The summed E-state index contributed by atoms with van der Waals surface area (Å²) in [5, 5.41) is 0. The monoisotopic (exact) mass is 455 g/mol. The number of rotatable bonds is 1. The molecule has 0 spiro atoms. The summed E-state index contributed by atoms with van der Waals surface area (Å²) in [5.41, 5.74) is 5.61. The molecule has 5 fully saturated rings. The molecule has 4 nitrogen and oxygen atoms in total. The molecule has 0 saturated heterocycles. The zero-order valence-electron chi connectivity index (χ0n) is 21.8. The highest BCUT2D eigenvalue weighted by atomic mass is 16.1. The van der Waals surface area contributed by atoms with Gasteiger partial charge < -0.3 is 5.73 Å². The van der Waals surface area contributed by atoms with Crippen molar-refractivity contribution in [2.75, 3.05) is 0 Å². The molecule has 4 heteroatoms. The van der Waals surface area contributed by atoms with Gasteiger partial charge in [-0.3, -0.25) is 14.4 Å². The maximum Gasteiger partial charge on any atom is 0.223 e. The van der Waals surface area contributed by atoms with E-state index in [9.17, 15) is 14.4 Å². The maximum absolute atomic E-state index is 14.1. The molecule has 184 valence electrons. The van der Waals surface area contributed by atoms with Crippen LogP contribution in [0, 0.1) is 56.7 Å². The van der Waals surface area contributed by atoms with Crippen LogP contribution in [0.2, 0.25) is 0 Å². The van der Waals surface area contributed by atoms with E-state index in [-0.39, 0.29) is 39.4 Å². The Labute approximate surface area is 200 Å². The van der Waals surface area contributed by atoms with E-state index in [1.165, 1.54) is 0 Å². The van der Waals surface area contributed by atoms with Gasteiger partial charge in [-0.25, -0.2) is 0 Å². The van der Waals surface area contributed by atoms with Crippen molar-refractivity contribution in [3.63, 3.8) is 0 Å². The molecule has 0 aromatic heterocycles. The van der Waals surface area contributed by atoms with E-state index in [2.05, 4.69) is 41.5 Å². The number of hydrogen-bond donors (Lipinski definition) is 1. The van der Waals surface area contributed by atoms with Crippen molar-refractivity contribution in [2.45, 2.75) is 106 Å². The van der Waals surface area contributed by atoms with Gasteiger partial charge in [-0.2, -0.15) is 0 Å². The van der Waals surface area contributed by atoms with Crippen LogP contribution in [0.15, 0.2) is 0 Å². The first-order valence-electron chi connectivity index (χ1n) is 13.5. The number of fused-ring (bicyclic) bond motifs is 7. The smallest absolute Gasteiger partial charge is 0.223 e. The van der Waals surface area contributed by atoms with E-state index < -0.39 is 5.41 Å². The Kier molecular flexibility index (Phi) is 4.95. The number of ketones is 2. The second-order valence-electron chi connectivity index (χ2n) is 14.6. The summed E-state index contributed by atoms with van der Waals surface area (Å²) >= 11 is 0. The van der Waals surface area contributed by atoms with Crippen molar-refractivity contribution < 1.29 is 14.4 Å². The predicted molar refractivity (Wildman–Crippen MR) is 129 cm³/mol. The number of carbonyl (C=O) groups is 3. The Morgan fingerprint density at radius 2 is 1.52 bits per heavy atom. The van der Waals surface area contributed by atoms with Gasteiger partial charge in [0.15, 0.2) is 0 Å². The highest BCUT2D eigenvalue weighted by Gasteiger charge is 2.69. The van der Waals surface area contributed by atoms with Crippen molar-refractivity contribution in [3.05, 3.63) is 0 Å². The lowest BCUT2D eigenvalue weighted by molar-refractivity contribution is -0.204. The maximum atomic E-state index is 14.1. The van der Waals surface area contributed by atoms with Crippen LogP contribution in [0.25, 0.3) is 0 Å². The van der Waals surface area contributed by atoms with Crippen LogP contribution >= 0.6 is 0 Å². The molecule has 0 aromatic carbocycles. The van der Waals surface area contributed by atoms with E-state index in [1.54, 1.807) is 0 Å². The van der Waals surface area contributed by atoms with Gasteiger partial charge in [0.05, 0.1) is 5.41 Å². The Morgan fingerprint density at radius 1 is 0.818 bits per heavy atom. The van der Waals surface area contributed by atoms with Gasteiger partial charge in [0.25, 0.3) is 0 Å². The SMILES string of the molecule is CC1(C)CCC2(C(N)=O)CCC3C(C(=O)CC4C3(C)CCC3C(C)(C)C(=O)CCC34C)C2C1. The molecule has 8 atom stereocenters. The Balaban J connectivity index is 1.55. The fraction of sp³-hybridized carbons (Fsp3) is 0.897. The molecule has 33 heavy (non-hydrogen) atoms. The van der Waals surface area contributed by atoms with Crippen LogP contribution in [-0.4, -0.2) is 17.5 Å². The third-order valence-electron chi connectivity index (χ3n) is 12.5. The topological polar surface area (TPSA) is 77.2 Å². The molecule has 5 aliphatic carbocycles. The number of carbonyl (C=O) groups excluding carboxylic acids is 3. The van der Waals surface area contributed by atoms with Crippen molar-refractivity contribution in [1.82, 2.24) is 0 Å². The van der Waals surface area contributed by atoms with E-state index >= 15 is 0 Å². The average Bonchev–Trinajstić information content (AvgIpc) is 2.71. The molecule has 0 aliphatic heterocycles. The van der Waals surface area contributed by atoms with Gasteiger partial charge in [-0.05, 0) is 91.3 Å². The van der Waals surface area contributed by atoms with Crippen LogP contribution in [-0.2, 0) is 14.4 Å². The van der Waals surface area contributed by atoms with Gasteiger partial charge >= 0.3 is 0 Å². The van der Waals surface area contributed by atoms with Crippen molar-refractivity contribution in [3.8, 4) is 0 Å². The molecule has 8 unspecified atom stereocenters. The van der Waals surface area contributed by atoms with E-state index in [4.69, 9.17) is 5.73 Å². The van der Waals surface area contributed by atoms with Gasteiger partial charge in [0.1, 0.15) is 11.6 Å². The van der Waals surface area contributed by atoms with Crippen LogP contribution in [0.1, 0.15) is 106 Å². The summed E-state index contributed by atoms with van der Waals surface area (Å²) in [5.74, 6) is 1.74. The normalized spacial score (nSPS) is 50.4. The molecule has 5 saturated carbocycles. The van der Waals surface area contributed by atoms with E-state index in [1.807, 2.05) is 0 Å². The second kappa shape index (κ2) is 6.94. The molecule has 1 amide bonds. The minimum absolute atomic E-state index is 0.0227. The van der Waals surface area contributed by atoms with Gasteiger partial charge in [0.2, 0.25) is 5.91 Å². The van der Waals surface area contributed by atoms with Crippen molar-refractivity contribution in [2.24, 2.45) is 62.4 Å². The van der Waals surface area contributed by atoms with Crippen molar-refractivity contribution in [1.29, 1.82) is 0 Å². The highest BCUT2D eigenvalue weighted by Crippen LogP contribution is 2.72. The fourth-order valence-corrected chi connectivity index (χ4v) is 10.5. The van der Waals surface area contributed by atoms with Gasteiger partial charge in [-0.15, -0.1) is 0 Å². The first kappa shape index (κ1) is 23.5. The number of Topliss-reactive ketones (excluding diaryl/α,β-unsaturated/α-hetero) is 2. The molecular formula is C29H45NO3. The lowest BCUT2D eigenvalue weighted by atomic mass is 9.35. The van der Waals surface area contributed by atoms with E-state index in [0.717, 1.165) is 51.4 Å². The molecule has 0 radical (unpaired) electrons. The lowest BCUT2D eigenvalue weighted by Gasteiger charge is -2.68. The zero-order chi connectivity index (χ0) is 24.2. The number of amides is 1. The van der Waals surface area contributed by atoms with Crippen LogP contribution in [0.4, 0.5) is 0 Å². The lowest BCUT2D eigenvalue weighted by Crippen LogP contribution is -2.66. The zero-order valence-corrected chi connectivity index (χ0v) is 21.8. The van der Waals surface area contributed by atoms with Gasteiger partial charge in [0, 0.05) is 24.2 Å². The van der Waals surface area contributed by atoms with Crippen LogP contribution in [0.3, 0.4) is 0 Å². The molecule has 5 aliphatic rings. The van der Waals surface area contributed by atoms with Gasteiger partial charge in [-0.1, -0.05) is 41.5 Å². The first-order chi connectivity index (χ1) is 15.2. The predicted octanol–water partition coefficient (Wildman–Crippen LogP) is 5.71. The highest BCUT2D eigenvalue weighted by molar-refractivity contribution is 5.88. The van der Waals surface area contributed by atoms with Crippen LogP contribution in [0.5, 0.6) is 0 Å². The van der Waals surface area contributed by atoms with E-state index in [0.29, 0.717) is 42.2 Å². The minimum atomic E-state index is -0.490. The molecule has 5 rings (SSSR count). The number of hydrogen-bond acceptors (Lipinski definition) is 3. The van der Waals surface area contributed by atoms with Crippen molar-refractivity contribution >= 4 is 17.5 Å². The Morgan fingerprint density at radius 3 is 2.18 bits per heavy atom. The average molecular weight is 456 g/mol. The summed E-state index contributed by atoms with van der Waals surface area (Å²) in [7, 11) is 0. The molecule has 0 aromatic rings. The van der Waals surface area contributed by atoms with Crippen LogP contribution < -0.4 is 5.73 Å². The summed E-state index contributed by atoms with van der Waals surface area (Å²) < 4.78 is 0. The summed E-state index contributed by atoms with van der Waals surface area (Å²) in [6.45, 7) is 13.8. The second-order valence-corrected chi connectivity index (χ2v) is 14.6. The molecule has 0 heterocycles. The standard InChI is InChI=1S/C29H45NO3/c1-25(2)13-14-29(24(30)33)12-7-17-23(18(29)16-25)19(31)15-21-27(17,5)10-8-20-26(3,4)22(32)9-11-28(20,21)6/h17-18,20-21,23H,7-16H2,1-6H3,(H2,30,33). The summed E-state index contributed by atoms with van der Waals surface area (Å²) in [4.78, 5) is 39.8. The fourth-order valence-electron chi connectivity index (χ4n) is 10.5. The quantitative estimate of drug-likeness (QED) is 0.550.